The van der Waals surface area contributed by atoms with Gasteiger partial charge in [0, 0.05) is 35.0 Å². The van der Waals surface area contributed by atoms with Crippen LogP contribution >= 0.6 is 0 Å². The number of nitrogens with one attached hydrogen (secondary N) is 2. The number of aromatic hydroxyl groups is 1. The number of benzene rings is 3. The molecule has 4 aromatic rings. The van der Waals surface area contributed by atoms with E-state index in [-0.39, 0.29) is 17.5 Å². The zero-order valence-electron chi connectivity index (χ0n) is 14.9. The summed E-state index contributed by atoms with van der Waals surface area (Å²) in [5, 5.41) is 34.6. The van der Waals surface area contributed by atoms with E-state index in [1.165, 1.54) is 0 Å². The average molecular weight is 373 g/mol. The van der Waals surface area contributed by atoms with Crippen LogP contribution < -0.4 is 10.5 Å². The monoisotopic (exact) mass is 373 g/mol. The van der Waals surface area contributed by atoms with Gasteiger partial charge in [-0.3, -0.25) is 4.98 Å². The maximum absolute atomic E-state index is 11.2. The molecule has 0 aliphatic rings. The van der Waals surface area contributed by atoms with Gasteiger partial charge in [-0.25, -0.2) is 5.21 Å². The van der Waals surface area contributed by atoms with Gasteiger partial charge in [-0.05, 0) is 23.8 Å². The van der Waals surface area contributed by atoms with Crippen molar-refractivity contribution in [3.63, 3.8) is 0 Å². The van der Waals surface area contributed by atoms with Crippen molar-refractivity contribution in [1.29, 1.82) is 0 Å². The van der Waals surface area contributed by atoms with Gasteiger partial charge in [0.25, 0.3) is 0 Å². The predicted molar refractivity (Wildman–Crippen MR) is 108 cm³/mol. The Hall–Kier alpha value is -3.45. The molecule has 0 fully saturated rings. The lowest BCUT2D eigenvalue weighted by Gasteiger charge is -2.23. The van der Waals surface area contributed by atoms with Crippen LogP contribution in [0.3, 0.4) is 0 Å². The Morgan fingerprint density at radius 1 is 0.893 bits per heavy atom. The Labute approximate surface area is 161 Å². The number of pyridine rings is 1. The standard InChI is InChI=1S/C22H19N3O3/c26-22-19(13-10-15-5-4-14-23-21(15)22)20(24-17-6-2-1-3-7-17)16-8-11-18(12-9-16)25(27)28/h1-14,20,24-27H. The summed E-state index contributed by atoms with van der Waals surface area (Å²) in [5.74, 6) is 0.105. The SMILES string of the molecule is [O-][NH+](O)c1ccc(C(Nc2ccccc2)c2ccc3cccnc3c2O)cc1. The quantitative estimate of drug-likeness (QED) is 0.402. The number of aromatic nitrogens is 1. The van der Waals surface area contributed by atoms with Crippen LogP contribution in [-0.4, -0.2) is 15.3 Å². The molecule has 140 valence electrons. The van der Waals surface area contributed by atoms with Crippen molar-refractivity contribution in [2.24, 2.45) is 0 Å². The fraction of sp³-hybridized carbons (Fsp3) is 0.0455. The second-order valence-electron chi connectivity index (χ2n) is 6.45. The van der Waals surface area contributed by atoms with E-state index in [1.807, 2.05) is 54.6 Å². The molecule has 6 heteroatoms. The van der Waals surface area contributed by atoms with Gasteiger partial charge in [0.1, 0.15) is 11.3 Å². The van der Waals surface area contributed by atoms with Crippen LogP contribution in [0.4, 0.5) is 11.4 Å². The average Bonchev–Trinajstić information content (AvgIpc) is 2.74. The number of anilines is 1. The molecular weight excluding hydrogens is 354 g/mol. The molecule has 4 N–H and O–H groups in total. The van der Waals surface area contributed by atoms with Gasteiger partial charge in [-0.15, -0.1) is 0 Å². The molecule has 1 aromatic heterocycles. The Morgan fingerprint density at radius 3 is 2.36 bits per heavy atom. The summed E-state index contributed by atoms with van der Waals surface area (Å²) < 4.78 is 0. The third kappa shape index (κ3) is 3.52. The topological polar surface area (TPSA) is 92.9 Å². The first kappa shape index (κ1) is 17.9. The Bertz CT molecular complexity index is 1080. The molecule has 0 bridgehead atoms. The van der Waals surface area contributed by atoms with E-state index in [4.69, 9.17) is 5.21 Å². The molecular formula is C22H19N3O3. The molecule has 0 saturated heterocycles. The largest absolute Gasteiger partial charge is 0.595 e. The number of nitrogens with zero attached hydrogens (tertiary/aromatic N) is 1. The number of quaternary nitrogens is 1. The zero-order chi connectivity index (χ0) is 19.5. The van der Waals surface area contributed by atoms with Crippen molar-refractivity contribution < 1.29 is 15.5 Å². The molecule has 3 aromatic carbocycles. The van der Waals surface area contributed by atoms with Crippen molar-refractivity contribution in [3.8, 4) is 5.75 Å². The smallest absolute Gasteiger partial charge is 0.163 e. The molecule has 0 amide bonds. The fourth-order valence-corrected chi connectivity index (χ4v) is 3.24. The first-order valence-corrected chi connectivity index (χ1v) is 8.85. The third-order valence-corrected chi connectivity index (χ3v) is 4.67. The maximum atomic E-state index is 11.2. The van der Waals surface area contributed by atoms with Crippen LogP contribution in [0.5, 0.6) is 5.75 Å². The van der Waals surface area contributed by atoms with Gasteiger partial charge in [0.05, 0.1) is 6.04 Å². The molecule has 0 saturated carbocycles. The van der Waals surface area contributed by atoms with Crippen LogP contribution in [0.15, 0.2) is 85.1 Å². The highest BCUT2D eigenvalue weighted by atomic mass is 16.8. The second-order valence-corrected chi connectivity index (χ2v) is 6.45. The number of phenols is 1. The summed E-state index contributed by atoms with van der Waals surface area (Å²) in [6.45, 7) is 0. The molecule has 2 atom stereocenters. The highest BCUT2D eigenvalue weighted by molar-refractivity contribution is 5.86. The fourth-order valence-electron chi connectivity index (χ4n) is 3.24. The van der Waals surface area contributed by atoms with E-state index in [0.717, 1.165) is 16.6 Å². The summed E-state index contributed by atoms with van der Waals surface area (Å²) in [5.41, 5.74) is 3.13. The Kier molecular flexibility index (Phi) is 4.90. The Balaban J connectivity index is 1.82. The lowest BCUT2D eigenvalue weighted by molar-refractivity contribution is -0.991. The van der Waals surface area contributed by atoms with E-state index < -0.39 is 5.23 Å². The van der Waals surface area contributed by atoms with Gasteiger partial charge >= 0.3 is 0 Å². The summed E-state index contributed by atoms with van der Waals surface area (Å²) in [6, 6.07) is 23.4. The predicted octanol–water partition coefficient (Wildman–Crippen LogP) is 3.55. The number of hydrogen-bond acceptors (Lipinski definition) is 5. The van der Waals surface area contributed by atoms with Gasteiger partial charge in [0.15, 0.2) is 5.69 Å². The van der Waals surface area contributed by atoms with Gasteiger partial charge < -0.3 is 15.6 Å². The van der Waals surface area contributed by atoms with Crippen LogP contribution in [0.25, 0.3) is 10.9 Å². The summed E-state index contributed by atoms with van der Waals surface area (Å²) >= 11 is 0. The third-order valence-electron chi connectivity index (χ3n) is 4.67. The van der Waals surface area contributed by atoms with E-state index in [1.54, 1.807) is 30.5 Å². The van der Waals surface area contributed by atoms with Crippen molar-refractivity contribution in [3.05, 3.63) is 101 Å². The first-order chi connectivity index (χ1) is 13.6. The molecule has 4 rings (SSSR count). The number of fused-ring (bicyclic) bond motifs is 1. The van der Waals surface area contributed by atoms with Crippen molar-refractivity contribution >= 4 is 22.3 Å². The van der Waals surface area contributed by atoms with Crippen LogP contribution in [0, 0.1) is 5.21 Å². The minimum Gasteiger partial charge on any atom is -0.595 e. The molecule has 28 heavy (non-hydrogen) atoms. The summed E-state index contributed by atoms with van der Waals surface area (Å²) in [4.78, 5) is 4.31. The van der Waals surface area contributed by atoms with Gasteiger partial charge in [-0.1, -0.05) is 48.5 Å². The second kappa shape index (κ2) is 7.66. The number of rotatable bonds is 5. The van der Waals surface area contributed by atoms with Crippen molar-refractivity contribution in [2.75, 3.05) is 5.32 Å². The zero-order valence-corrected chi connectivity index (χ0v) is 14.9. The number of para-hydroxylation sites is 1. The highest BCUT2D eigenvalue weighted by Crippen LogP contribution is 2.36. The van der Waals surface area contributed by atoms with E-state index in [2.05, 4.69) is 10.3 Å². The van der Waals surface area contributed by atoms with Crippen LogP contribution in [0.1, 0.15) is 17.2 Å². The lowest BCUT2D eigenvalue weighted by Crippen LogP contribution is -2.99. The van der Waals surface area contributed by atoms with Crippen LogP contribution in [-0.2, 0) is 0 Å². The summed E-state index contributed by atoms with van der Waals surface area (Å²) in [6.07, 6.45) is 1.65. The molecule has 0 aliphatic carbocycles. The minimum atomic E-state index is -0.975. The molecule has 2 unspecified atom stereocenters. The van der Waals surface area contributed by atoms with Crippen molar-refractivity contribution in [1.82, 2.24) is 4.98 Å². The van der Waals surface area contributed by atoms with Crippen molar-refractivity contribution in [2.45, 2.75) is 6.04 Å². The van der Waals surface area contributed by atoms with E-state index in [9.17, 15) is 10.3 Å². The summed E-state index contributed by atoms with van der Waals surface area (Å²) in [7, 11) is 0. The minimum absolute atomic E-state index is 0.105. The maximum Gasteiger partial charge on any atom is 0.163 e. The first-order valence-electron chi connectivity index (χ1n) is 8.85. The highest BCUT2D eigenvalue weighted by Gasteiger charge is 2.20. The molecule has 6 nitrogen and oxygen atoms in total. The molecule has 0 radical (unpaired) electrons. The van der Waals surface area contributed by atoms with E-state index >= 15 is 0 Å². The normalized spacial score (nSPS) is 13.2. The Morgan fingerprint density at radius 2 is 1.64 bits per heavy atom. The molecule has 0 aliphatic heterocycles. The van der Waals surface area contributed by atoms with Gasteiger partial charge in [-0.2, -0.15) is 5.23 Å². The number of hydrogen-bond donors (Lipinski definition) is 4. The number of phenolic OH excluding ortho intramolecular Hbond substituents is 1. The molecule has 0 spiro atoms. The van der Waals surface area contributed by atoms with Gasteiger partial charge in [0.2, 0.25) is 0 Å². The van der Waals surface area contributed by atoms with Crippen LogP contribution in [0.2, 0.25) is 0 Å². The lowest BCUT2D eigenvalue weighted by atomic mass is 9.95. The van der Waals surface area contributed by atoms with E-state index in [0.29, 0.717) is 11.1 Å². The molecule has 1 heterocycles.